The van der Waals surface area contributed by atoms with Gasteiger partial charge in [-0.3, -0.25) is 4.79 Å². The number of ketones is 1. The lowest BCUT2D eigenvalue weighted by atomic mass is 9.67. The van der Waals surface area contributed by atoms with E-state index in [2.05, 4.69) is 5.32 Å². The summed E-state index contributed by atoms with van der Waals surface area (Å²) in [5, 5.41) is 4.08. The summed E-state index contributed by atoms with van der Waals surface area (Å²) in [5.74, 6) is -1.15. The van der Waals surface area contributed by atoms with Crippen molar-refractivity contribution in [3.8, 4) is 0 Å². The third-order valence-electron chi connectivity index (χ3n) is 5.20. The maximum atomic E-state index is 13.3. The van der Waals surface area contributed by atoms with Gasteiger partial charge in [-0.2, -0.15) is 0 Å². The molecule has 0 aromatic heterocycles. The number of methoxy groups -OCH3 is 1. The largest absolute Gasteiger partial charge is 0.466 e. The Morgan fingerprint density at radius 3 is 2.46 bits per heavy atom. The Hall–Kier alpha value is -1.78. The van der Waals surface area contributed by atoms with Gasteiger partial charge in [-0.25, -0.2) is 4.79 Å². The van der Waals surface area contributed by atoms with Crippen molar-refractivity contribution in [3.63, 3.8) is 0 Å². The first kappa shape index (κ1) is 19.0. The second-order valence-corrected chi connectivity index (χ2v) is 8.14. The van der Waals surface area contributed by atoms with Crippen molar-refractivity contribution in [2.24, 2.45) is 5.41 Å². The predicted octanol–water partition coefficient (Wildman–Crippen LogP) is 4.77. The van der Waals surface area contributed by atoms with Crippen LogP contribution in [0.5, 0.6) is 0 Å². The van der Waals surface area contributed by atoms with Crippen molar-refractivity contribution in [2.75, 3.05) is 7.11 Å². The number of nitrogens with one attached hydrogen (secondary N) is 1. The Kier molecular flexibility index (Phi) is 4.93. The average Bonchev–Trinajstić information content (AvgIpc) is 2.57. The molecule has 0 bridgehead atoms. The molecule has 0 amide bonds. The summed E-state index contributed by atoms with van der Waals surface area (Å²) >= 11 is 12.9. The van der Waals surface area contributed by atoms with Gasteiger partial charge in [0.25, 0.3) is 0 Å². The molecule has 3 rings (SSSR count). The van der Waals surface area contributed by atoms with Gasteiger partial charge in [0.05, 0.1) is 18.6 Å². The van der Waals surface area contributed by atoms with Crippen LogP contribution in [-0.4, -0.2) is 18.9 Å². The Morgan fingerprint density at radius 1 is 1.27 bits per heavy atom. The van der Waals surface area contributed by atoms with E-state index < -0.39 is 17.3 Å². The van der Waals surface area contributed by atoms with Gasteiger partial charge in [0.2, 0.25) is 0 Å². The third-order valence-corrected chi connectivity index (χ3v) is 5.86. The van der Waals surface area contributed by atoms with E-state index in [-0.39, 0.29) is 5.78 Å². The van der Waals surface area contributed by atoms with Crippen molar-refractivity contribution in [3.05, 3.63) is 56.3 Å². The SMILES string of the molecule is COC(=O)C1=C(C)NC2=C(C(=O)C(C)(C)CC2)C1c1c(Cl)cccc1Cl. The Labute approximate surface area is 163 Å². The van der Waals surface area contributed by atoms with Gasteiger partial charge in [0.15, 0.2) is 5.78 Å². The van der Waals surface area contributed by atoms with E-state index in [0.29, 0.717) is 32.5 Å². The Balaban J connectivity index is 2.31. The summed E-state index contributed by atoms with van der Waals surface area (Å²) in [7, 11) is 1.32. The number of hydrogen-bond donors (Lipinski definition) is 1. The number of halogens is 2. The summed E-state index contributed by atoms with van der Waals surface area (Å²) < 4.78 is 5.00. The lowest BCUT2D eigenvalue weighted by Crippen LogP contribution is -2.40. The number of hydrogen-bond acceptors (Lipinski definition) is 4. The first-order valence-corrected chi connectivity index (χ1v) is 9.22. The molecule has 4 nitrogen and oxygen atoms in total. The zero-order valence-corrected chi connectivity index (χ0v) is 16.7. The Morgan fingerprint density at radius 2 is 1.88 bits per heavy atom. The molecular formula is C20H21Cl2NO3. The zero-order valence-electron chi connectivity index (χ0n) is 15.2. The zero-order chi connectivity index (χ0) is 19.2. The van der Waals surface area contributed by atoms with E-state index in [0.717, 1.165) is 18.5 Å². The molecular weight excluding hydrogens is 373 g/mol. The predicted molar refractivity (Wildman–Crippen MR) is 102 cm³/mol. The number of allylic oxidation sites excluding steroid dienone is 3. The number of Topliss-reactive ketones (excluding diaryl/α,β-unsaturated/α-hetero) is 1. The van der Waals surface area contributed by atoms with E-state index in [1.807, 2.05) is 13.8 Å². The highest BCUT2D eigenvalue weighted by Crippen LogP contribution is 2.49. The first-order chi connectivity index (χ1) is 12.2. The minimum Gasteiger partial charge on any atom is -0.466 e. The molecule has 0 radical (unpaired) electrons. The maximum Gasteiger partial charge on any atom is 0.336 e. The van der Waals surface area contributed by atoms with E-state index >= 15 is 0 Å². The third kappa shape index (κ3) is 2.95. The highest BCUT2D eigenvalue weighted by Gasteiger charge is 2.45. The topological polar surface area (TPSA) is 55.4 Å². The summed E-state index contributed by atoms with van der Waals surface area (Å²) in [6.45, 7) is 5.65. The number of ether oxygens (including phenoxy) is 1. The first-order valence-electron chi connectivity index (χ1n) is 8.47. The van der Waals surface area contributed by atoms with Crippen molar-refractivity contribution in [2.45, 2.75) is 39.5 Å². The monoisotopic (exact) mass is 393 g/mol. The van der Waals surface area contributed by atoms with E-state index in [9.17, 15) is 9.59 Å². The molecule has 1 unspecified atom stereocenters. The number of dihydropyridines is 1. The van der Waals surface area contributed by atoms with E-state index in [1.54, 1.807) is 25.1 Å². The average molecular weight is 394 g/mol. The smallest absolute Gasteiger partial charge is 0.336 e. The van der Waals surface area contributed by atoms with E-state index in [1.165, 1.54) is 7.11 Å². The summed E-state index contributed by atoms with van der Waals surface area (Å²) in [4.78, 5) is 25.9. The number of benzene rings is 1. The molecule has 1 aromatic carbocycles. The molecule has 1 aliphatic carbocycles. The molecule has 6 heteroatoms. The van der Waals surface area contributed by atoms with E-state index in [4.69, 9.17) is 27.9 Å². The second kappa shape index (κ2) is 6.75. The molecule has 0 saturated carbocycles. The molecule has 26 heavy (non-hydrogen) atoms. The standard InChI is InChI=1S/C20H21Cl2NO3/c1-10-14(19(25)26-4)17(15-11(21)6-5-7-12(15)22)16-13(23-10)8-9-20(2,3)18(16)24/h5-7,17,23H,8-9H2,1-4H3. The molecule has 2 aliphatic rings. The van der Waals surface area contributed by atoms with Crippen molar-refractivity contribution >= 4 is 35.0 Å². The van der Waals surface area contributed by atoms with Gasteiger partial charge in [-0.05, 0) is 31.9 Å². The van der Waals surface area contributed by atoms with Gasteiger partial charge >= 0.3 is 5.97 Å². The van der Waals surface area contributed by atoms with Crippen molar-refractivity contribution < 1.29 is 14.3 Å². The summed E-state index contributed by atoms with van der Waals surface area (Å²) in [6, 6.07) is 5.17. The molecule has 138 valence electrons. The van der Waals surface area contributed by atoms with Gasteiger partial charge in [-0.1, -0.05) is 43.1 Å². The molecule has 1 aliphatic heterocycles. The summed E-state index contributed by atoms with van der Waals surface area (Å²) in [5.41, 5.74) is 2.47. The van der Waals surface area contributed by atoms with Gasteiger partial charge in [0, 0.05) is 38.0 Å². The number of carbonyl (C=O) groups is 2. The van der Waals surface area contributed by atoms with Gasteiger partial charge < -0.3 is 10.1 Å². The second-order valence-electron chi connectivity index (χ2n) is 7.33. The molecule has 1 atom stereocenters. The number of carbonyl (C=O) groups excluding carboxylic acids is 2. The summed E-state index contributed by atoms with van der Waals surface area (Å²) in [6.07, 6.45) is 1.46. The van der Waals surface area contributed by atoms with Crippen LogP contribution in [0.15, 0.2) is 40.7 Å². The van der Waals surface area contributed by atoms with Crippen LogP contribution in [0.2, 0.25) is 10.0 Å². The molecule has 1 aromatic rings. The Bertz CT molecular complexity index is 848. The van der Waals surface area contributed by atoms with Crippen LogP contribution in [0.4, 0.5) is 0 Å². The van der Waals surface area contributed by atoms with Crippen LogP contribution in [0, 0.1) is 5.41 Å². The molecule has 0 saturated heterocycles. The normalized spacial score (nSPS) is 22.1. The van der Waals surface area contributed by atoms with Crippen LogP contribution >= 0.6 is 23.2 Å². The molecule has 1 N–H and O–H groups in total. The fourth-order valence-electron chi connectivity index (χ4n) is 3.73. The van der Waals surface area contributed by atoms with Crippen LogP contribution in [0.1, 0.15) is 45.1 Å². The minimum atomic E-state index is -0.646. The maximum absolute atomic E-state index is 13.3. The molecule has 0 spiro atoms. The minimum absolute atomic E-state index is 0.00106. The van der Waals surface area contributed by atoms with Crippen molar-refractivity contribution in [1.82, 2.24) is 5.32 Å². The highest BCUT2D eigenvalue weighted by molar-refractivity contribution is 6.36. The van der Waals surface area contributed by atoms with Crippen LogP contribution in [-0.2, 0) is 14.3 Å². The quantitative estimate of drug-likeness (QED) is 0.735. The molecule has 0 fully saturated rings. The number of rotatable bonds is 2. The molecule has 1 heterocycles. The van der Waals surface area contributed by atoms with Gasteiger partial charge in [-0.15, -0.1) is 0 Å². The lowest BCUT2D eigenvalue weighted by Gasteiger charge is -2.39. The lowest BCUT2D eigenvalue weighted by molar-refractivity contribution is -0.136. The fourth-order valence-corrected chi connectivity index (χ4v) is 4.35. The van der Waals surface area contributed by atoms with Crippen LogP contribution in [0.25, 0.3) is 0 Å². The highest BCUT2D eigenvalue weighted by atomic mass is 35.5. The number of esters is 1. The van der Waals surface area contributed by atoms with Crippen LogP contribution in [0.3, 0.4) is 0 Å². The van der Waals surface area contributed by atoms with Crippen LogP contribution < -0.4 is 5.32 Å². The fraction of sp³-hybridized carbons (Fsp3) is 0.400. The van der Waals surface area contributed by atoms with Gasteiger partial charge in [0.1, 0.15) is 0 Å². The van der Waals surface area contributed by atoms with Crippen molar-refractivity contribution in [1.29, 1.82) is 0 Å².